The normalized spacial score (nSPS) is 11.5. The molecule has 1 heterocycles. The lowest BCUT2D eigenvalue weighted by molar-refractivity contribution is 1.10. The lowest BCUT2D eigenvalue weighted by Crippen LogP contribution is -2.04. The van der Waals surface area contributed by atoms with Crippen molar-refractivity contribution in [2.45, 2.75) is 34.6 Å². The van der Waals surface area contributed by atoms with Crippen LogP contribution in [0, 0.1) is 27.7 Å². The smallest absolute Gasteiger partial charge is 0.227 e. The van der Waals surface area contributed by atoms with E-state index in [-0.39, 0.29) is 0 Å². The van der Waals surface area contributed by atoms with Gasteiger partial charge in [0.05, 0.1) is 5.69 Å². The molecule has 0 radical (unpaired) electrons. The molecule has 1 aromatic heterocycles. The number of aromatic nitrogens is 2. The number of hydrogen-bond donors (Lipinski definition) is 1. The van der Waals surface area contributed by atoms with Crippen LogP contribution in [0.2, 0.25) is 0 Å². The number of anilines is 2. The standard InChI is InChI=1S/C23H25N3/c1-6-20(21-16(3)10-8-11-17(21)4)22-18(5)14-24-23(26-22)25-19-12-7-9-15(2)13-19/h6-14H,1-5H3,(H,24,25,26)/b20-6+. The molecule has 0 atom stereocenters. The number of hydrogen-bond acceptors (Lipinski definition) is 3. The Bertz CT molecular complexity index is 951. The SMILES string of the molecule is C/C=C(/c1nc(Nc2cccc(C)c2)ncc1C)c1c(C)cccc1C. The molecule has 0 spiro atoms. The molecule has 0 amide bonds. The fourth-order valence-corrected chi connectivity index (χ4v) is 3.27. The maximum atomic E-state index is 4.84. The molecule has 0 saturated carbocycles. The Balaban J connectivity index is 2.04. The number of benzene rings is 2. The summed E-state index contributed by atoms with van der Waals surface area (Å²) in [5.41, 5.74) is 9.13. The molecule has 0 saturated heterocycles. The summed E-state index contributed by atoms with van der Waals surface area (Å²) >= 11 is 0. The second-order valence-corrected chi connectivity index (χ2v) is 6.69. The molecule has 2 aromatic carbocycles. The fourth-order valence-electron chi connectivity index (χ4n) is 3.27. The monoisotopic (exact) mass is 343 g/mol. The van der Waals surface area contributed by atoms with Gasteiger partial charge in [-0.05, 0) is 74.6 Å². The Kier molecular flexibility index (Phi) is 5.17. The third kappa shape index (κ3) is 3.67. The fraction of sp³-hybridized carbons (Fsp3) is 0.217. The Morgan fingerprint density at radius 1 is 0.923 bits per heavy atom. The van der Waals surface area contributed by atoms with E-state index in [1.165, 1.54) is 22.3 Å². The van der Waals surface area contributed by atoms with Gasteiger partial charge in [-0.15, -0.1) is 0 Å². The van der Waals surface area contributed by atoms with Crippen LogP contribution in [0.3, 0.4) is 0 Å². The summed E-state index contributed by atoms with van der Waals surface area (Å²) in [6.45, 7) is 10.5. The maximum absolute atomic E-state index is 4.84. The van der Waals surface area contributed by atoms with Crippen LogP contribution < -0.4 is 5.32 Å². The van der Waals surface area contributed by atoms with Crippen LogP contribution in [-0.2, 0) is 0 Å². The molecule has 0 fully saturated rings. The largest absolute Gasteiger partial charge is 0.324 e. The summed E-state index contributed by atoms with van der Waals surface area (Å²) in [5, 5.41) is 3.32. The van der Waals surface area contributed by atoms with Gasteiger partial charge in [0.1, 0.15) is 0 Å². The lowest BCUT2D eigenvalue weighted by Gasteiger charge is -2.16. The van der Waals surface area contributed by atoms with Crippen molar-refractivity contribution in [3.05, 3.63) is 88.2 Å². The van der Waals surface area contributed by atoms with Gasteiger partial charge in [-0.1, -0.05) is 36.4 Å². The van der Waals surface area contributed by atoms with Crippen molar-refractivity contribution in [3.63, 3.8) is 0 Å². The van der Waals surface area contributed by atoms with Crippen molar-refractivity contribution in [2.75, 3.05) is 5.32 Å². The number of nitrogens with one attached hydrogen (secondary N) is 1. The Labute approximate surface area is 155 Å². The van der Waals surface area contributed by atoms with Crippen LogP contribution >= 0.6 is 0 Å². The second-order valence-electron chi connectivity index (χ2n) is 6.69. The predicted molar refractivity (Wildman–Crippen MR) is 110 cm³/mol. The first-order chi connectivity index (χ1) is 12.5. The van der Waals surface area contributed by atoms with Crippen molar-refractivity contribution < 1.29 is 0 Å². The molecule has 1 N–H and O–H groups in total. The summed E-state index contributed by atoms with van der Waals surface area (Å²) in [7, 11) is 0. The highest BCUT2D eigenvalue weighted by Crippen LogP contribution is 2.30. The highest BCUT2D eigenvalue weighted by Gasteiger charge is 2.15. The van der Waals surface area contributed by atoms with E-state index in [0.29, 0.717) is 5.95 Å². The van der Waals surface area contributed by atoms with Crippen LogP contribution in [0.15, 0.2) is 54.7 Å². The first kappa shape index (κ1) is 17.9. The summed E-state index contributed by atoms with van der Waals surface area (Å²) < 4.78 is 0. The van der Waals surface area contributed by atoms with Gasteiger partial charge >= 0.3 is 0 Å². The quantitative estimate of drug-likeness (QED) is 0.640. The first-order valence-corrected chi connectivity index (χ1v) is 8.90. The number of rotatable bonds is 4. The topological polar surface area (TPSA) is 37.8 Å². The minimum absolute atomic E-state index is 0.613. The van der Waals surface area contributed by atoms with Crippen LogP contribution in [0.1, 0.15) is 40.4 Å². The van der Waals surface area contributed by atoms with E-state index < -0.39 is 0 Å². The minimum atomic E-state index is 0.613. The molecule has 0 bridgehead atoms. The molecular formula is C23H25N3. The molecule has 0 aliphatic rings. The van der Waals surface area contributed by atoms with Crippen LogP contribution in [0.4, 0.5) is 11.6 Å². The Morgan fingerprint density at radius 2 is 1.62 bits per heavy atom. The van der Waals surface area contributed by atoms with E-state index >= 15 is 0 Å². The molecule has 3 heteroatoms. The average Bonchev–Trinajstić information content (AvgIpc) is 2.60. The lowest BCUT2D eigenvalue weighted by atomic mass is 9.92. The predicted octanol–water partition coefficient (Wildman–Crippen LogP) is 5.91. The molecule has 3 rings (SSSR count). The van der Waals surface area contributed by atoms with Gasteiger partial charge in [-0.25, -0.2) is 9.97 Å². The molecule has 0 unspecified atom stereocenters. The van der Waals surface area contributed by atoms with Crippen molar-refractivity contribution in [1.29, 1.82) is 0 Å². The maximum Gasteiger partial charge on any atom is 0.227 e. The molecule has 0 aliphatic carbocycles. The summed E-state index contributed by atoms with van der Waals surface area (Å²) in [4.78, 5) is 9.31. The van der Waals surface area contributed by atoms with E-state index in [9.17, 15) is 0 Å². The number of aryl methyl sites for hydroxylation is 4. The Hall–Kier alpha value is -2.94. The molecule has 0 aliphatic heterocycles. The zero-order valence-corrected chi connectivity index (χ0v) is 16.1. The summed E-state index contributed by atoms with van der Waals surface area (Å²) in [6.07, 6.45) is 4.03. The van der Waals surface area contributed by atoms with Gasteiger partial charge < -0.3 is 5.32 Å². The molecule has 26 heavy (non-hydrogen) atoms. The van der Waals surface area contributed by atoms with Crippen molar-refractivity contribution in [2.24, 2.45) is 0 Å². The van der Waals surface area contributed by atoms with E-state index in [0.717, 1.165) is 22.5 Å². The molecule has 3 nitrogen and oxygen atoms in total. The number of nitrogens with zero attached hydrogens (tertiary/aromatic N) is 2. The van der Waals surface area contributed by atoms with E-state index in [1.807, 2.05) is 18.3 Å². The van der Waals surface area contributed by atoms with Crippen molar-refractivity contribution in [1.82, 2.24) is 9.97 Å². The van der Waals surface area contributed by atoms with Gasteiger partial charge in [0.15, 0.2) is 0 Å². The number of allylic oxidation sites excluding steroid dienone is 1. The summed E-state index contributed by atoms with van der Waals surface area (Å²) in [5.74, 6) is 0.613. The molecule has 132 valence electrons. The van der Waals surface area contributed by atoms with Crippen molar-refractivity contribution >= 4 is 17.2 Å². The van der Waals surface area contributed by atoms with Gasteiger partial charge in [0, 0.05) is 17.5 Å². The van der Waals surface area contributed by atoms with Crippen LogP contribution in [0.25, 0.3) is 5.57 Å². The second kappa shape index (κ2) is 7.52. The van der Waals surface area contributed by atoms with Crippen molar-refractivity contribution in [3.8, 4) is 0 Å². The van der Waals surface area contributed by atoms with E-state index in [4.69, 9.17) is 4.98 Å². The average molecular weight is 343 g/mol. The molecule has 3 aromatic rings. The minimum Gasteiger partial charge on any atom is -0.324 e. The van der Waals surface area contributed by atoms with Crippen LogP contribution in [-0.4, -0.2) is 9.97 Å². The van der Waals surface area contributed by atoms with E-state index in [1.54, 1.807) is 0 Å². The zero-order chi connectivity index (χ0) is 18.7. The van der Waals surface area contributed by atoms with Gasteiger partial charge in [0.2, 0.25) is 5.95 Å². The van der Waals surface area contributed by atoms with Gasteiger partial charge in [0.25, 0.3) is 0 Å². The van der Waals surface area contributed by atoms with Crippen LogP contribution in [0.5, 0.6) is 0 Å². The third-order valence-electron chi connectivity index (χ3n) is 4.54. The highest BCUT2D eigenvalue weighted by molar-refractivity contribution is 5.82. The first-order valence-electron chi connectivity index (χ1n) is 8.90. The van der Waals surface area contributed by atoms with E-state index in [2.05, 4.69) is 81.3 Å². The molecular weight excluding hydrogens is 318 g/mol. The third-order valence-corrected chi connectivity index (χ3v) is 4.54. The Morgan fingerprint density at radius 3 is 2.27 bits per heavy atom. The highest BCUT2D eigenvalue weighted by atomic mass is 15.1. The van der Waals surface area contributed by atoms with Gasteiger partial charge in [-0.3, -0.25) is 0 Å². The summed E-state index contributed by atoms with van der Waals surface area (Å²) in [6, 6.07) is 14.6. The van der Waals surface area contributed by atoms with Gasteiger partial charge in [-0.2, -0.15) is 0 Å². The zero-order valence-electron chi connectivity index (χ0n) is 16.1.